The Bertz CT molecular complexity index is 1060. The molecule has 10 nitrogen and oxygen atoms in total. The number of hydrogen-bond acceptors (Lipinski definition) is 9. The van der Waals surface area contributed by atoms with Gasteiger partial charge in [-0.3, -0.25) is 14.9 Å². The van der Waals surface area contributed by atoms with Crippen molar-refractivity contribution in [1.29, 1.82) is 5.26 Å². The molecule has 0 bridgehead atoms. The number of ether oxygens (including phenoxy) is 2. The van der Waals surface area contributed by atoms with Crippen LogP contribution in [0, 0.1) is 28.4 Å². The topological polar surface area (TPSA) is 144 Å². The summed E-state index contributed by atoms with van der Waals surface area (Å²) in [4.78, 5) is 38.8. The number of aryl methyl sites for hydroxylation is 1. The van der Waals surface area contributed by atoms with Gasteiger partial charge in [0.1, 0.15) is 17.5 Å². The van der Waals surface area contributed by atoms with Crippen LogP contribution in [-0.2, 0) is 14.3 Å². The highest BCUT2D eigenvalue weighted by Crippen LogP contribution is 2.34. The number of methoxy groups -OCH3 is 1. The van der Waals surface area contributed by atoms with Gasteiger partial charge in [0.2, 0.25) is 0 Å². The number of anilines is 1. The molecule has 0 atom stereocenters. The predicted octanol–water partition coefficient (Wildman–Crippen LogP) is 4.16. The highest BCUT2D eigenvalue weighted by Gasteiger charge is 2.25. The molecule has 0 radical (unpaired) electrons. The number of non-ortho nitro benzene ring substituents is 1. The maximum atomic E-state index is 12.7. The van der Waals surface area contributed by atoms with E-state index in [1.165, 1.54) is 31.4 Å². The molecule has 0 unspecified atom stereocenters. The van der Waals surface area contributed by atoms with E-state index in [9.17, 15) is 25.0 Å². The number of nitro benzene ring substituents is 1. The second-order valence-electron chi connectivity index (χ2n) is 7.12. The SMILES string of the molecule is CCOC(=O)c1c(C)nc(NCCCCCC(=O)OC)c(C#N)c1-c1ccc([N+](=O)[O-])cc1. The zero-order valence-corrected chi connectivity index (χ0v) is 18.8. The molecule has 1 N–H and O–H groups in total. The Morgan fingerprint density at radius 3 is 2.48 bits per heavy atom. The summed E-state index contributed by atoms with van der Waals surface area (Å²) in [5.74, 6) is -0.569. The number of nitriles is 1. The molecule has 0 aliphatic heterocycles. The Labute approximate surface area is 191 Å². The number of aromatic nitrogens is 1. The molecule has 1 aromatic carbocycles. The maximum absolute atomic E-state index is 12.7. The number of nitrogens with one attached hydrogen (secondary N) is 1. The molecule has 0 aliphatic rings. The van der Waals surface area contributed by atoms with Crippen LogP contribution in [0.3, 0.4) is 0 Å². The van der Waals surface area contributed by atoms with Gasteiger partial charge < -0.3 is 14.8 Å². The molecule has 1 aromatic heterocycles. The fourth-order valence-electron chi connectivity index (χ4n) is 3.31. The van der Waals surface area contributed by atoms with Gasteiger partial charge in [-0.1, -0.05) is 6.42 Å². The zero-order valence-electron chi connectivity index (χ0n) is 18.8. The van der Waals surface area contributed by atoms with Gasteiger partial charge in [0, 0.05) is 30.7 Å². The molecule has 33 heavy (non-hydrogen) atoms. The number of nitrogens with zero attached hydrogens (tertiary/aromatic N) is 3. The van der Waals surface area contributed by atoms with Gasteiger partial charge in [0.25, 0.3) is 5.69 Å². The monoisotopic (exact) mass is 454 g/mol. The van der Waals surface area contributed by atoms with Gasteiger partial charge in [-0.25, -0.2) is 9.78 Å². The summed E-state index contributed by atoms with van der Waals surface area (Å²) in [7, 11) is 1.35. The lowest BCUT2D eigenvalue weighted by Crippen LogP contribution is -2.15. The molecule has 10 heteroatoms. The van der Waals surface area contributed by atoms with Crippen molar-refractivity contribution in [3.05, 3.63) is 51.2 Å². The van der Waals surface area contributed by atoms with E-state index < -0.39 is 10.9 Å². The van der Waals surface area contributed by atoms with Crippen molar-refractivity contribution < 1.29 is 24.0 Å². The van der Waals surface area contributed by atoms with Crippen LogP contribution in [0.25, 0.3) is 11.1 Å². The number of nitro groups is 1. The summed E-state index contributed by atoms with van der Waals surface area (Å²) in [6.45, 7) is 3.96. The van der Waals surface area contributed by atoms with Crippen LogP contribution >= 0.6 is 0 Å². The number of unbranched alkanes of at least 4 members (excludes halogenated alkanes) is 2. The fraction of sp³-hybridized carbons (Fsp3) is 0.391. The lowest BCUT2D eigenvalue weighted by Gasteiger charge is -2.17. The number of carbonyl (C=O) groups is 2. The fourth-order valence-corrected chi connectivity index (χ4v) is 3.31. The highest BCUT2D eigenvalue weighted by molar-refractivity contribution is 6.01. The van der Waals surface area contributed by atoms with Crippen molar-refractivity contribution in [2.45, 2.75) is 39.5 Å². The quantitative estimate of drug-likeness (QED) is 0.229. The smallest absolute Gasteiger partial charge is 0.340 e. The van der Waals surface area contributed by atoms with Crippen LogP contribution in [0.15, 0.2) is 24.3 Å². The van der Waals surface area contributed by atoms with E-state index in [4.69, 9.17) is 4.74 Å². The molecule has 0 aliphatic carbocycles. The van der Waals surface area contributed by atoms with Gasteiger partial charge in [0.15, 0.2) is 0 Å². The van der Waals surface area contributed by atoms with Gasteiger partial charge in [-0.15, -0.1) is 0 Å². The van der Waals surface area contributed by atoms with Crippen LogP contribution in [0.4, 0.5) is 11.5 Å². The van der Waals surface area contributed by atoms with Crippen LogP contribution in [0.2, 0.25) is 0 Å². The molecule has 174 valence electrons. The summed E-state index contributed by atoms with van der Waals surface area (Å²) in [6.07, 6.45) is 2.53. The van der Waals surface area contributed by atoms with Crippen molar-refractivity contribution in [3.8, 4) is 17.2 Å². The largest absolute Gasteiger partial charge is 0.469 e. The summed E-state index contributed by atoms with van der Waals surface area (Å²) in [5, 5.41) is 24.1. The third-order valence-corrected chi connectivity index (χ3v) is 4.91. The molecule has 0 fully saturated rings. The maximum Gasteiger partial charge on any atom is 0.340 e. The molecule has 2 aromatic rings. The number of esters is 2. The number of pyridine rings is 1. The molecular formula is C23H26N4O6. The first-order chi connectivity index (χ1) is 15.8. The Kier molecular flexibility index (Phi) is 9.30. The van der Waals surface area contributed by atoms with Crippen LogP contribution in [0.1, 0.15) is 54.2 Å². The Hall–Kier alpha value is -4.00. The third kappa shape index (κ3) is 6.49. The van der Waals surface area contributed by atoms with Gasteiger partial charge in [-0.05, 0) is 44.4 Å². The minimum absolute atomic E-state index is 0.106. The lowest BCUT2D eigenvalue weighted by molar-refractivity contribution is -0.384. The first-order valence-electron chi connectivity index (χ1n) is 10.5. The van der Waals surface area contributed by atoms with E-state index >= 15 is 0 Å². The molecule has 0 saturated heterocycles. The second-order valence-corrected chi connectivity index (χ2v) is 7.12. The number of rotatable bonds is 11. The third-order valence-electron chi connectivity index (χ3n) is 4.91. The van der Waals surface area contributed by atoms with E-state index in [1.54, 1.807) is 13.8 Å². The van der Waals surface area contributed by atoms with E-state index in [0.717, 1.165) is 12.8 Å². The van der Waals surface area contributed by atoms with Crippen molar-refractivity contribution in [3.63, 3.8) is 0 Å². The lowest BCUT2D eigenvalue weighted by atomic mass is 9.94. The number of benzene rings is 1. The first kappa shape index (κ1) is 25.3. The molecule has 2 rings (SSSR count). The zero-order chi connectivity index (χ0) is 24.4. The molecule has 0 saturated carbocycles. The van der Waals surface area contributed by atoms with Crippen molar-refractivity contribution >= 4 is 23.4 Å². The van der Waals surface area contributed by atoms with E-state index in [-0.39, 0.29) is 29.4 Å². The van der Waals surface area contributed by atoms with Gasteiger partial charge in [0.05, 0.1) is 29.9 Å². The standard InChI is InChI=1S/C23H26N4O6/c1-4-33-23(29)20-15(2)26-22(25-13-7-5-6-8-19(28)32-3)18(14-24)21(20)16-9-11-17(12-10-16)27(30)31/h9-12H,4-8,13H2,1-3H3,(H,25,26). The predicted molar refractivity (Wildman–Crippen MR) is 121 cm³/mol. The Balaban J connectivity index is 2.39. The van der Waals surface area contributed by atoms with Crippen molar-refractivity contribution in [2.75, 3.05) is 25.6 Å². The Morgan fingerprint density at radius 2 is 1.91 bits per heavy atom. The average Bonchev–Trinajstić information content (AvgIpc) is 2.80. The van der Waals surface area contributed by atoms with Crippen molar-refractivity contribution in [2.24, 2.45) is 0 Å². The minimum Gasteiger partial charge on any atom is -0.469 e. The summed E-state index contributed by atoms with van der Waals surface area (Å²) in [6, 6.07) is 7.73. The number of hydrogen-bond donors (Lipinski definition) is 1. The second kappa shape index (κ2) is 12.1. The van der Waals surface area contributed by atoms with E-state index in [1.807, 2.05) is 0 Å². The molecule has 1 heterocycles. The highest BCUT2D eigenvalue weighted by atomic mass is 16.6. The van der Waals surface area contributed by atoms with Gasteiger partial charge in [-0.2, -0.15) is 5.26 Å². The summed E-state index contributed by atoms with van der Waals surface area (Å²) >= 11 is 0. The Morgan fingerprint density at radius 1 is 1.21 bits per heavy atom. The molecule has 0 spiro atoms. The first-order valence-corrected chi connectivity index (χ1v) is 10.5. The molecule has 0 amide bonds. The normalized spacial score (nSPS) is 10.2. The molecular weight excluding hydrogens is 428 g/mol. The van der Waals surface area contributed by atoms with Crippen LogP contribution < -0.4 is 5.32 Å². The van der Waals surface area contributed by atoms with Crippen LogP contribution in [-0.4, -0.2) is 42.1 Å². The van der Waals surface area contributed by atoms with E-state index in [2.05, 4.69) is 21.1 Å². The minimum atomic E-state index is -0.623. The summed E-state index contributed by atoms with van der Waals surface area (Å²) < 4.78 is 9.79. The van der Waals surface area contributed by atoms with Crippen molar-refractivity contribution in [1.82, 2.24) is 4.98 Å². The van der Waals surface area contributed by atoms with E-state index in [0.29, 0.717) is 42.0 Å². The van der Waals surface area contributed by atoms with Gasteiger partial charge >= 0.3 is 11.9 Å². The van der Waals surface area contributed by atoms with Crippen LogP contribution in [0.5, 0.6) is 0 Å². The average molecular weight is 454 g/mol. The number of carbonyl (C=O) groups excluding carboxylic acids is 2. The summed E-state index contributed by atoms with van der Waals surface area (Å²) in [5.41, 5.74) is 1.33.